The van der Waals surface area contributed by atoms with Crippen LogP contribution in [0.15, 0.2) is 30.3 Å². The molecule has 0 radical (unpaired) electrons. The summed E-state index contributed by atoms with van der Waals surface area (Å²) in [6, 6.07) is 8.65. The fourth-order valence-electron chi connectivity index (χ4n) is 1.53. The van der Waals surface area contributed by atoms with Crippen LogP contribution in [0.25, 0.3) is 6.08 Å². The smallest absolute Gasteiger partial charge is 0.186 e. The highest BCUT2D eigenvalue weighted by atomic mass is 32.2. The van der Waals surface area contributed by atoms with Crippen molar-refractivity contribution < 1.29 is 4.79 Å². The van der Waals surface area contributed by atoms with Crippen molar-refractivity contribution in [1.29, 1.82) is 0 Å². The Labute approximate surface area is 108 Å². The van der Waals surface area contributed by atoms with Gasteiger partial charge in [-0.05, 0) is 24.0 Å². The Morgan fingerprint density at radius 3 is 2.59 bits per heavy atom. The zero-order valence-corrected chi connectivity index (χ0v) is 11.4. The quantitative estimate of drug-likeness (QED) is 0.745. The molecular formula is C15H20OS. The van der Waals surface area contributed by atoms with Crippen molar-refractivity contribution >= 4 is 23.0 Å². The molecule has 17 heavy (non-hydrogen) atoms. The van der Waals surface area contributed by atoms with Gasteiger partial charge in [0.2, 0.25) is 0 Å². The Kier molecular flexibility index (Phi) is 6.71. The SMILES string of the molecule is CCCCc1ccc(C=CCSC(C)=O)cc1. The summed E-state index contributed by atoms with van der Waals surface area (Å²) in [5, 5.41) is 0.171. The second-order valence-corrected chi connectivity index (χ2v) is 5.25. The fourth-order valence-corrected chi connectivity index (χ4v) is 1.95. The Balaban J connectivity index is 2.42. The molecule has 0 spiro atoms. The van der Waals surface area contributed by atoms with Gasteiger partial charge in [0.25, 0.3) is 0 Å². The molecule has 1 rings (SSSR count). The van der Waals surface area contributed by atoms with Crippen LogP contribution in [-0.2, 0) is 11.2 Å². The monoisotopic (exact) mass is 248 g/mol. The van der Waals surface area contributed by atoms with E-state index in [-0.39, 0.29) is 5.12 Å². The maximum atomic E-state index is 10.7. The predicted octanol–water partition coefficient (Wildman–Crippen LogP) is 4.32. The third kappa shape index (κ3) is 6.32. The lowest BCUT2D eigenvalue weighted by molar-refractivity contribution is -0.109. The normalized spacial score (nSPS) is 10.9. The van der Waals surface area contributed by atoms with Crippen molar-refractivity contribution in [2.24, 2.45) is 0 Å². The maximum Gasteiger partial charge on any atom is 0.186 e. The van der Waals surface area contributed by atoms with Crippen LogP contribution in [0, 0.1) is 0 Å². The van der Waals surface area contributed by atoms with Crippen LogP contribution in [0.1, 0.15) is 37.8 Å². The molecule has 0 unspecified atom stereocenters. The van der Waals surface area contributed by atoms with Gasteiger partial charge >= 0.3 is 0 Å². The molecule has 0 amide bonds. The molecule has 0 aromatic heterocycles. The van der Waals surface area contributed by atoms with Crippen LogP contribution in [0.3, 0.4) is 0 Å². The van der Waals surface area contributed by atoms with Gasteiger partial charge in [-0.2, -0.15) is 0 Å². The molecule has 0 aliphatic carbocycles. The van der Waals surface area contributed by atoms with Gasteiger partial charge in [-0.3, -0.25) is 4.79 Å². The summed E-state index contributed by atoms with van der Waals surface area (Å²) >= 11 is 1.34. The average Bonchev–Trinajstić information content (AvgIpc) is 2.33. The minimum atomic E-state index is 0.171. The van der Waals surface area contributed by atoms with E-state index in [4.69, 9.17) is 0 Å². The molecule has 0 heterocycles. The van der Waals surface area contributed by atoms with E-state index in [9.17, 15) is 4.79 Å². The predicted molar refractivity (Wildman–Crippen MR) is 77.2 cm³/mol. The largest absolute Gasteiger partial charge is 0.288 e. The lowest BCUT2D eigenvalue weighted by atomic mass is 10.1. The number of thioether (sulfide) groups is 1. The van der Waals surface area contributed by atoms with Crippen LogP contribution in [-0.4, -0.2) is 10.9 Å². The van der Waals surface area contributed by atoms with E-state index in [1.807, 2.05) is 6.08 Å². The van der Waals surface area contributed by atoms with Crippen molar-refractivity contribution in [1.82, 2.24) is 0 Å². The summed E-state index contributed by atoms with van der Waals surface area (Å²) in [5.41, 5.74) is 2.61. The van der Waals surface area contributed by atoms with Crippen LogP contribution >= 0.6 is 11.8 Å². The third-order valence-corrected chi connectivity index (χ3v) is 3.26. The number of aryl methyl sites for hydroxylation is 1. The second-order valence-electron chi connectivity index (χ2n) is 4.05. The molecule has 1 aromatic rings. The van der Waals surface area contributed by atoms with E-state index in [0.717, 1.165) is 5.75 Å². The van der Waals surface area contributed by atoms with Gasteiger partial charge in [-0.25, -0.2) is 0 Å². The van der Waals surface area contributed by atoms with Gasteiger partial charge in [0, 0.05) is 12.7 Å². The Morgan fingerprint density at radius 2 is 2.00 bits per heavy atom. The van der Waals surface area contributed by atoms with Crippen molar-refractivity contribution in [3.63, 3.8) is 0 Å². The van der Waals surface area contributed by atoms with E-state index in [2.05, 4.69) is 37.3 Å². The molecule has 0 atom stereocenters. The van der Waals surface area contributed by atoms with E-state index < -0.39 is 0 Å². The second kappa shape index (κ2) is 8.13. The first kappa shape index (κ1) is 14.0. The Hall–Kier alpha value is -1.02. The molecule has 0 saturated carbocycles. The number of hydrogen-bond acceptors (Lipinski definition) is 2. The van der Waals surface area contributed by atoms with Crippen LogP contribution in [0.5, 0.6) is 0 Å². The standard InChI is InChI=1S/C15H20OS/c1-3-4-6-14-8-10-15(11-9-14)7-5-12-17-13(2)16/h5,7-11H,3-4,6,12H2,1-2H3. The minimum Gasteiger partial charge on any atom is -0.288 e. The number of benzene rings is 1. The minimum absolute atomic E-state index is 0.171. The molecule has 0 bridgehead atoms. The molecule has 2 heteroatoms. The summed E-state index contributed by atoms with van der Waals surface area (Å²) in [6.07, 6.45) is 7.77. The van der Waals surface area contributed by atoms with Crippen LogP contribution < -0.4 is 0 Å². The van der Waals surface area contributed by atoms with Gasteiger partial charge in [0.1, 0.15) is 0 Å². The topological polar surface area (TPSA) is 17.1 Å². The summed E-state index contributed by atoms with van der Waals surface area (Å²) in [6.45, 7) is 3.81. The van der Waals surface area contributed by atoms with Crippen molar-refractivity contribution in [3.8, 4) is 0 Å². The molecular weight excluding hydrogens is 228 g/mol. The summed E-state index contributed by atoms with van der Waals surface area (Å²) < 4.78 is 0. The molecule has 1 nitrogen and oxygen atoms in total. The van der Waals surface area contributed by atoms with E-state index in [1.165, 1.54) is 42.2 Å². The average molecular weight is 248 g/mol. The van der Waals surface area contributed by atoms with E-state index in [0.29, 0.717) is 0 Å². The Bertz CT molecular complexity index is 365. The van der Waals surface area contributed by atoms with Crippen LogP contribution in [0.2, 0.25) is 0 Å². The van der Waals surface area contributed by atoms with Crippen molar-refractivity contribution in [2.45, 2.75) is 33.1 Å². The summed E-state index contributed by atoms with van der Waals surface area (Å²) in [5.74, 6) is 0.757. The van der Waals surface area contributed by atoms with Gasteiger partial charge < -0.3 is 0 Å². The van der Waals surface area contributed by atoms with Crippen molar-refractivity contribution in [3.05, 3.63) is 41.5 Å². The zero-order valence-electron chi connectivity index (χ0n) is 10.6. The molecule has 92 valence electrons. The highest BCUT2D eigenvalue weighted by Gasteiger charge is 1.93. The van der Waals surface area contributed by atoms with E-state index in [1.54, 1.807) is 6.92 Å². The molecule has 0 fully saturated rings. The summed E-state index contributed by atoms with van der Waals surface area (Å²) in [7, 11) is 0. The molecule has 0 aliphatic rings. The number of hydrogen-bond donors (Lipinski definition) is 0. The van der Waals surface area contributed by atoms with Gasteiger partial charge in [0.05, 0.1) is 0 Å². The fraction of sp³-hybridized carbons (Fsp3) is 0.400. The highest BCUT2D eigenvalue weighted by molar-refractivity contribution is 8.13. The molecule has 0 saturated heterocycles. The third-order valence-electron chi connectivity index (χ3n) is 2.49. The van der Waals surface area contributed by atoms with Gasteiger partial charge in [0.15, 0.2) is 5.12 Å². The first-order valence-corrected chi connectivity index (χ1v) is 7.09. The molecule has 1 aromatic carbocycles. The van der Waals surface area contributed by atoms with Gasteiger partial charge in [-0.15, -0.1) is 0 Å². The number of carbonyl (C=O) groups excluding carboxylic acids is 1. The number of unbranched alkanes of at least 4 members (excludes halogenated alkanes) is 1. The van der Waals surface area contributed by atoms with Crippen LogP contribution in [0.4, 0.5) is 0 Å². The molecule has 0 N–H and O–H groups in total. The number of rotatable bonds is 6. The van der Waals surface area contributed by atoms with Gasteiger partial charge in [-0.1, -0.05) is 61.5 Å². The number of carbonyl (C=O) groups is 1. The van der Waals surface area contributed by atoms with Crippen molar-refractivity contribution in [2.75, 3.05) is 5.75 Å². The Morgan fingerprint density at radius 1 is 1.29 bits per heavy atom. The lowest BCUT2D eigenvalue weighted by Crippen LogP contribution is -1.84. The first-order valence-electron chi connectivity index (χ1n) is 6.11. The zero-order chi connectivity index (χ0) is 12.5. The maximum absolute atomic E-state index is 10.7. The summed E-state index contributed by atoms with van der Waals surface area (Å²) in [4.78, 5) is 10.7. The lowest BCUT2D eigenvalue weighted by Gasteiger charge is -2.00. The molecule has 0 aliphatic heterocycles. The van der Waals surface area contributed by atoms with E-state index >= 15 is 0 Å². The highest BCUT2D eigenvalue weighted by Crippen LogP contribution is 2.10. The first-order chi connectivity index (χ1) is 8.22.